The number of aromatic nitrogens is 1. The summed E-state index contributed by atoms with van der Waals surface area (Å²) in [6, 6.07) is 9.14. The average molecular weight is 363 g/mol. The van der Waals surface area contributed by atoms with Gasteiger partial charge in [-0.2, -0.15) is 0 Å². The Bertz CT molecular complexity index is 740. The maximum atomic E-state index is 11.8. The zero-order chi connectivity index (χ0) is 18.2. The number of nitrogens with zero attached hydrogens (tertiary/aromatic N) is 2. The van der Waals surface area contributed by atoms with Crippen LogP contribution < -0.4 is 14.7 Å². The number of carbonyl (C=O) groups is 2. The van der Waals surface area contributed by atoms with Crippen molar-refractivity contribution in [3.8, 4) is 11.5 Å². The van der Waals surface area contributed by atoms with E-state index in [1.54, 1.807) is 33.2 Å². The first-order valence-electron chi connectivity index (χ1n) is 7.25. The van der Waals surface area contributed by atoms with Crippen LogP contribution in [0, 0.1) is 6.92 Å². The zero-order valence-electron chi connectivity index (χ0n) is 14.0. The first kappa shape index (κ1) is 18.6. The molecule has 0 saturated carbocycles. The number of hydrogen-bond acceptors (Lipinski definition) is 7. The van der Waals surface area contributed by atoms with Crippen molar-refractivity contribution in [2.75, 3.05) is 19.6 Å². The summed E-state index contributed by atoms with van der Waals surface area (Å²) >= 11 is 0. The summed E-state index contributed by atoms with van der Waals surface area (Å²) in [5, 5.41) is 0. The maximum Gasteiger partial charge on any atom is 0.414 e. The third-order valence-corrected chi connectivity index (χ3v) is 3.53. The van der Waals surface area contributed by atoms with Gasteiger partial charge in [0.25, 0.3) is 0 Å². The van der Waals surface area contributed by atoms with Crippen LogP contribution in [0.3, 0.4) is 0 Å². The van der Waals surface area contributed by atoms with Crippen molar-refractivity contribution in [2.45, 2.75) is 6.92 Å². The number of amides is 1. The van der Waals surface area contributed by atoms with E-state index in [2.05, 4.69) is 10.5 Å². The maximum absolute atomic E-state index is 11.8. The number of carbonyl (C=O) groups excluding carboxylic acids is 2. The summed E-state index contributed by atoms with van der Waals surface area (Å²) in [6.07, 6.45) is 1.37. The second-order valence-corrected chi connectivity index (χ2v) is 5.66. The first-order chi connectivity index (χ1) is 12.0. The molecule has 2 aromatic rings. The molecule has 1 heterocycles. The Morgan fingerprint density at radius 3 is 2.64 bits per heavy atom. The van der Waals surface area contributed by atoms with Gasteiger partial charge in [0.05, 0.1) is 23.1 Å². The van der Waals surface area contributed by atoms with Crippen LogP contribution in [0.15, 0.2) is 36.5 Å². The molecular formula is C16H18N3O5P. The van der Waals surface area contributed by atoms with Gasteiger partial charge in [0.1, 0.15) is 5.75 Å². The van der Waals surface area contributed by atoms with Gasteiger partial charge in [-0.25, -0.2) is 9.42 Å². The lowest BCUT2D eigenvalue weighted by Gasteiger charge is -2.16. The number of nitrogens with one attached hydrogen (secondary N) is 1. The molecule has 25 heavy (non-hydrogen) atoms. The van der Waals surface area contributed by atoms with Crippen molar-refractivity contribution >= 4 is 27.1 Å². The summed E-state index contributed by atoms with van der Waals surface area (Å²) in [7, 11) is 2.73. The van der Waals surface area contributed by atoms with Crippen LogP contribution in [0.1, 0.15) is 16.1 Å². The number of hydrogen-bond donors (Lipinski definition) is 1. The molecule has 1 aromatic heterocycles. The molecule has 0 fully saturated rings. The minimum atomic E-state index is -0.611. The molecule has 0 aliphatic heterocycles. The Morgan fingerprint density at radius 1 is 1.28 bits per heavy atom. The average Bonchev–Trinajstić information content (AvgIpc) is 2.61. The highest BCUT2D eigenvalue weighted by Crippen LogP contribution is 2.29. The van der Waals surface area contributed by atoms with Crippen LogP contribution in [0.2, 0.25) is 0 Å². The Morgan fingerprint density at radius 2 is 2.00 bits per heavy atom. The Hall–Kier alpha value is -2.70. The fraction of sp³-hybridized carbons (Fsp3) is 0.188. The van der Waals surface area contributed by atoms with Gasteiger partial charge in [-0.1, -0.05) is 18.2 Å². The second kappa shape index (κ2) is 8.96. The molecule has 0 aliphatic rings. The van der Waals surface area contributed by atoms with E-state index in [1.807, 2.05) is 18.2 Å². The first-order valence-corrected chi connectivity index (χ1v) is 8.07. The number of ether oxygens (including phenoxy) is 1. The Kier molecular flexibility index (Phi) is 6.68. The molecule has 0 bridgehead atoms. The molecule has 1 N–H and O–H groups in total. The minimum Gasteiger partial charge on any atom is -0.448 e. The fourth-order valence-electron chi connectivity index (χ4n) is 1.75. The summed E-state index contributed by atoms with van der Waals surface area (Å²) in [5.41, 5.74) is 3.40. The third-order valence-electron chi connectivity index (χ3n) is 3.03. The SMILES string of the molecule is Cc1ncc(NOPOc2ccccc2)c(C=O)c1OC(=O)N(C)C. The van der Waals surface area contributed by atoms with Gasteiger partial charge in [0.15, 0.2) is 12.0 Å². The van der Waals surface area contributed by atoms with Crippen molar-refractivity contribution < 1.29 is 23.5 Å². The topological polar surface area (TPSA) is 90.0 Å². The zero-order valence-corrected chi connectivity index (χ0v) is 15.0. The second-order valence-electron chi connectivity index (χ2n) is 5.08. The van der Waals surface area contributed by atoms with Crippen LogP contribution in [0.5, 0.6) is 11.5 Å². The van der Waals surface area contributed by atoms with Gasteiger partial charge in [-0.15, -0.1) is 0 Å². The van der Waals surface area contributed by atoms with E-state index in [0.717, 1.165) is 0 Å². The van der Waals surface area contributed by atoms with E-state index in [4.69, 9.17) is 13.9 Å². The number of rotatable bonds is 7. The van der Waals surface area contributed by atoms with E-state index in [-0.39, 0.29) is 26.0 Å². The van der Waals surface area contributed by atoms with E-state index in [0.29, 0.717) is 17.7 Å². The number of aryl methyl sites for hydroxylation is 1. The highest BCUT2D eigenvalue weighted by Gasteiger charge is 2.18. The van der Waals surface area contributed by atoms with Crippen LogP contribution >= 0.6 is 9.03 Å². The van der Waals surface area contributed by atoms with Gasteiger partial charge >= 0.3 is 6.09 Å². The largest absolute Gasteiger partial charge is 0.448 e. The molecule has 1 amide bonds. The van der Waals surface area contributed by atoms with Crippen molar-refractivity contribution in [3.05, 3.63) is 47.8 Å². The molecule has 0 radical (unpaired) electrons. The van der Waals surface area contributed by atoms with Gasteiger partial charge in [0, 0.05) is 14.1 Å². The van der Waals surface area contributed by atoms with Gasteiger partial charge in [-0.3, -0.25) is 15.3 Å². The van der Waals surface area contributed by atoms with Crippen LogP contribution in [-0.4, -0.2) is 36.4 Å². The lowest BCUT2D eigenvalue weighted by molar-refractivity contribution is 0.112. The molecule has 2 rings (SSSR count). The summed E-state index contributed by atoms with van der Waals surface area (Å²) < 4.78 is 15.8. The van der Waals surface area contributed by atoms with Crippen LogP contribution in [0.4, 0.5) is 10.5 Å². The molecule has 9 heteroatoms. The molecule has 1 atom stereocenters. The summed E-state index contributed by atoms with van der Waals surface area (Å²) in [4.78, 5) is 28.6. The molecule has 0 spiro atoms. The smallest absolute Gasteiger partial charge is 0.414 e. The number of para-hydroxylation sites is 1. The quantitative estimate of drug-likeness (QED) is 0.350. The lowest BCUT2D eigenvalue weighted by Crippen LogP contribution is -2.26. The molecule has 0 aliphatic carbocycles. The minimum absolute atomic E-state index is 0.0783. The fourth-order valence-corrected chi connectivity index (χ4v) is 2.17. The van der Waals surface area contributed by atoms with Crippen molar-refractivity contribution in [3.63, 3.8) is 0 Å². The molecule has 8 nitrogen and oxygen atoms in total. The highest BCUT2D eigenvalue weighted by molar-refractivity contribution is 7.26. The number of benzene rings is 1. The normalized spacial score (nSPS) is 10.5. The van der Waals surface area contributed by atoms with E-state index >= 15 is 0 Å². The number of aldehydes is 1. The molecule has 1 aromatic carbocycles. The molecule has 0 saturated heterocycles. The third kappa shape index (κ3) is 5.14. The van der Waals surface area contributed by atoms with E-state index < -0.39 is 6.09 Å². The monoisotopic (exact) mass is 363 g/mol. The number of pyridine rings is 1. The standard InChI is InChI=1S/C16H18N3O5P/c1-11-15(22-16(21)19(2)3)13(10-20)14(9-17-11)18-24-25-23-12-7-5-4-6-8-12/h4-10,18,25H,1-3H3. The predicted molar refractivity (Wildman–Crippen MR) is 94.2 cm³/mol. The molecular weight excluding hydrogens is 345 g/mol. The lowest BCUT2D eigenvalue weighted by atomic mass is 10.2. The Balaban J connectivity index is 2.04. The van der Waals surface area contributed by atoms with E-state index in [1.165, 1.54) is 11.1 Å². The summed E-state index contributed by atoms with van der Waals surface area (Å²) in [6.45, 7) is 1.64. The van der Waals surface area contributed by atoms with Gasteiger partial charge in [0.2, 0.25) is 9.03 Å². The van der Waals surface area contributed by atoms with Crippen LogP contribution in [-0.2, 0) is 4.62 Å². The van der Waals surface area contributed by atoms with Crippen molar-refractivity contribution in [2.24, 2.45) is 0 Å². The predicted octanol–water partition coefficient (Wildman–Crippen LogP) is 3.19. The van der Waals surface area contributed by atoms with Crippen molar-refractivity contribution in [1.29, 1.82) is 0 Å². The van der Waals surface area contributed by atoms with Crippen molar-refractivity contribution in [1.82, 2.24) is 9.88 Å². The highest BCUT2D eigenvalue weighted by atomic mass is 31.1. The number of anilines is 1. The molecule has 132 valence electrons. The van der Waals surface area contributed by atoms with Crippen LogP contribution in [0.25, 0.3) is 0 Å². The molecule has 1 unspecified atom stereocenters. The van der Waals surface area contributed by atoms with E-state index in [9.17, 15) is 9.59 Å². The van der Waals surface area contributed by atoms with Gasteiger partial charge < -0.3 is 14.2 Å². The summed E-state index contributed by atoms with van der Waals surface area (Å²) in [5.74, 6) is 0.732. The Labute approximate surface area is 147 Å². The van der Waals surface area contributed by atoms with Gasteiger partial charge in [-0.05, 0) is 19.1 Å².